The first kappa shape index (κ1) is 35.6. The summed E-state index contributed by atoms with van der Waals surface area (Å²) < 4.78 is 10.6. The molecule has 1 unspecified atom stereocenters. The average molecular weight is 647 g/mol. The van der Waals surface area contributed by atoms with Crippen LogP contribution in [-0.4, -0.2) is 113 Å². The topological polar surface area (TPSA) is 116 Å². The maximum atomic E-state index is 12.2. The molecule has 0 spiro atoms. The van der Waals surface area contributed by atoms with Crippen molar-refractivity contribution in [2.24, 2.45) is 0 Å². The third-order valence-electron chi connectivity index (χ3n) is 7.95. The molecule has 4 rings (SSSR count). The molecule has 1 aromatic carbocycles. The van der Waals surface area contributed by atoms with Crippen molar-refractivity contribution in [3.8, 4) is 11.3 Å². The van der Waals surface area contributed by atoms with Gasteiger partial charge in [-0.3, -0.25) is 14.6 Å². The summed E-state index contributed by atoms with van der Waals surface area (Å²) in [7, 11) is 3.74. The van der Waals surface area contributed by atoms with Gasteiger partial charge in [0.05, 0.1) is 12.3 Å². The van der Waals surface area contributed by atoms with Crippen molar-refractivity contribution in [2.75, 3.05) is 70.2 Å². The second-order valence-corrected chi connectivity index (χ2v) is 12.9. The fourth-order valence-corrected chi connectivity index (χ4v) is 5.29. The Hall–Kier alpha value is -4.29. The normalized spacial score (nSPS) is 14.7. The smallest absolute Gasteiger partial charge is 0.410 e. The third-order valence-corrected chi connectivity index (χ3v) is 7.95. The minimum atomic E-state index is -0.509. The van der Waals surface area contributed by atoms with Gasteiger partial charge in [0.25, 0.3) is 0 Å². The molecule has 1 aliphatic heterocycles. The van der Waals surface area contributed by atoms with Crippen LogP contribution in [0.25, 0.3) is 11.3 Å². The number of amides is 1. The van der Waals surface area contributed by atoms with Crippen LogP contribution in [0.15, 0.2) is 54.9 Å². The number of nitrogens with one attached hydrogen (secondary N) is 1. The second kappa shape index (κ2) is 16.5. The Kier molecular flexibility index (Phi) is 12.5. The van der Waals surface area contributed by atoms with Crippen LogP contribution in [0.4, 0.5) is 22.2 Å². The van der Waals surface area contributed by atoms with Crippen LogP contribution < -0.4 is 10.2 Å². The highest BCUT2D eigenvalue weighted by Crippen LogP contribution is 2.22. The summed E-state index contributed by atoms with van der Waals surface area (Å²) >= 11 is 0. The van der Waals surface area contributed by atoms with Crippen molar-refractivity contribution < 1.29 is 19.1 Å². The van der Waals surface area contributed by atoms with Crippen LogP contribution in [0.1, 0.15) is 46.6 Å². The minimum Gasteiger partial charge on any atom is -0.465 e. The van der Waals surface area contributed by atoms with E-state index >= 15 is 0 Å². The lowest BCUT2D eigenvalue weighted by Crippen LogP contribution is -2.51. The van der Waals surface area contributed by atoms with Crippen molar-refractivity contribution in [1.82, 2.24) is 29.7 Å². The molecular weight excluding hydrogens is 596 g/mol. The molecular formula is C35H50N8O4. The number of carbonyl (C=O) groups excluding carboxylic acids is 2. The van der Waals surface area contributed by atoms with Gasteiger partial charge in [-0.15, -0.1) is 0 Å². The first-order chi connectivity index (χ1) is 22.4. The Bertz CT molecular complexity index is 1450. The summed E-state index contributed by atoms with van der Waals surface area (Å²) in [4.78, 5) is 46.4. The van der Waals surface area contributed by atoms with Crippen LogP contribution in [0.5, 0.6) is 0 Å². The highest BCUT2D eigenvalue weighted by atomic mass is 16.6. The largest absolute Gasteiger partial charge is 0.465 e. The Morgan fingerprint density at radius 3 is 2.47 bits per heavy atom. The highest BCUT2D eigenvalue weighted by Gasteiger charge is 2.26. The molecule has 12 heteroatoms. The third kappa shape index (κ3) is 10.9. The van der Waals surface area contributed by atoms with E-state index in [2.05, 4.69) is 42.1 Å². The van der Waals surface area contributed by atoms with Gasteiger partial charge >= 0.3 is 12.1 Å². The van der Waals surface area contributed by atoms with Crippen molar-refractivity contribution in [3.05, 3.63) is 60.4 Å². The number of rotatable bonds is 13. The monoisotopic (exact) mass is 646 g/mol. The Labute approximate surface area is 279 Å². The van der Waals surface area contributed by atoms with Crippen LogP contribution in [-0.2, 0) is 20.8 Å². The molecule has 47 heavy (non-hydrogen) atoms. The fourth-order valence-electron chi connectivity index (χ4n) is 5.29. The van der Waals surface area contributed by atoms with Crippen molar-refractivity contribution >= 4 is 29.5 Å². The van der Waals surface area contributed by atoms with Gasteiger partial charge in [-0.05, 0) is 76.9 Å². The maximum Gasteiger partial charge on any atom is 0.410 e. The molecule has 1 amide bonds. The molecule has 2 aromatic heterocycles. The molecule has 0 saturated carbocycles. The molecule has 12 nitrogen and oxygen atoms in total. The Balaban J connectivity index is 1.28. The van der Waals surface area contributed by atoms with E-state index in [9.17, 15) is 9.59 Å². The molecule has 0 bridgehead atoms. The van der Waals surface area contributed by atoms with Gasteiger partial charge in [0.2, 0.25) is 5.95 Å². The molecule has 1 N–H and O–H groups in total. The zero-order valence-corrected chi connectivity index (χ0v) is 28.9. The van der Waals surface area contributed by atoms with E-state index in [1.165, 1.54) is 5.56 Å². The molecule has 1 aliphatic rings. The molecule has 3 aromatic rings. The lowest BCUT2D eigenvalue weighted by Gasteiger charge is -2.37. The molecule has 3 heterocycles. The molecule has 1 saturated heterocycles. The summed E-state index contributed by atoms with van der Waals surface area (Å²) in [5.41, 5.74) is 3.27. The predicted molar refractivity (Wildman–Crippen MR) is 185 cm³/mol. The number of pyridine rings is 1. The number of piperazine rings is 1. The molecule has 254 valence electrons. The predicted octanol–water partition coefficient (Wildman–Crippen LogP) is 5.04. The van der Waals surface area contributed by atoms with E-state index in [0.29, 0.717) is 19.1 Å². The Morgan fingerprint density at radius 2 is 1.79 bits per heavy atom. The lowest BCUT2D eigenvalue weighted by atomic mass is 10.1. The maximum absolute atomic E-state index is 12.2. The summed E-state index contributed by atoms with van der Waals surface area (Å²) in [6.07, 6.45) is 4.03. The average Bonchev–Trinajstić information content (AvgIpc) is 3.04. The number of aromatic nitrogens is 3. The first-order valence-corrected chi connectivity index (χ1v) is 16.4. The second-order valence-electron chi connectivity index (χ2n) is 12.9. The number of carbonyl (C=O) groups is 2. The summed E-state index contributed by atoms with van der Waals surface area (Å²) in [6.45, 7) is 15.4. The fraction of sp³-hybridized carbons (Fsp3) is 0.514. The number of ether oxygens (including phenoxy) is 2. The first-order valence-electron chi connectivity index (χ1n) is 16.4. The van der Waals surface area contributed by atoms with Gasteiger partial charge in [0, 0.05) is 83.6 Å². The molecule has 1 fully saturated rings. The number of hydrogen-bond acceptors (Lipinski definition) is 11. The van der Waals surface area contributed by atoms with Gasteiger partial charge in [-0.1, -0.05) is 12.1 Å². The van der Waals surface area contributed by atoms with E-state index < -0.39 is 5.60 Å². The van der Waals surface area contributed by atoms with Crippen LogP contribution in [0.2, 0.25) is 0 Å². The zero-order valence-electron chi connectivity index (χ0n) is 28.9. The van der Waals surface area contributed by atoms with Gasteiger partial charge in [0.15, 0.2) is 0 Å². The Morgan fingerprint density at radius 1 is 1.02 bits per heavy atom. The molecule has 0 radical (unpaired) electrons. The van der Waals surface area contributed by atoms with Crippen LogP contribution in [0.3, 0.4) is 0 Å². The summed E-state index contributed by atoms with van der Waals surface area (Å²) in [5, 5.41) is 3.35. The molecule has 1 atom stereocenters. The summed E-state index contributed by atoms with van der Waals surface area (Å²) in [5.74, 6) is 1.20. The van der Waals surface area contributed by atoms with E-state index in [-0.39, 0.29) is 18.1 Å². The standard InChI is InChI=1S/C35H50N8O4/c1-8-46-32(44)26(2)43-21-19-42(20-22-43)25-27-11-9-12-29(23-27)38-33-36-16-15-30(39-33)28-13-14-31(37-24-28)40(6)17-10-18-41(7)34(45)47-35(3,4)5/h9,11-16,23-24,26H,8,10,17-22,25H2,1-7H3,(H,36,38,39). The van der Waals surface area contributed by atoms with Crippen molar-refractivity contribution in [2.45, 2.75) is 59.2 Å². The van der Waals surface area contributed by atoms with E-state index in [0.717, 1.165) is 68.5 Å². The van der Waals surface area contributed by atoms with Crippen LogP contribution >= 0.6 is 0 Å². The number of hydrogen-bond donors (Lipinski definition) is 1. The zero-order chi connectivity index (χ0) is 34.0. The molecule has 0 aliphatic carbocycles. The van der Waals surface area contributed by atoms with Crippen molar-refractivity contribution in [3.63, 3.8) is 0 Å². The number of anilines is 3. The summed E-state index contributed by atoms with van der Waals surface area (Å²) in [6, 6.07) is 13.9. The van der Waals surface area contributed by atoms with Gasteiger partial charge in [0.1, 0.15) is 17.5 Å². The van der Waals surface area contributed by atoms with Gasteiger partial charge in [-0.2, -0.15) is 0 Å². The van der Waals surface area contributed by atoms with E-state index in [4.69, 9.17) is 14.5 Å². The van der Waals surface area contributed by atoms with E-state index in [1.807, 2.05) is 78.2 Å². The highest BCUT2D eigenvalue weighted by molar-refractivity contribution is 5.75. The number of esters is 1. The van der Waals surface area contributed by atoms with Gasteiger partial charge in [-0.25, -0.2) is 19.7 Å². The van der Waals surface area contributed by atoms with Gasteiger partial charge < -0.3 is 24.6 Å². The lowest BCUT2D eigenvalue weighted by molar-refractivity contribution is -0.149. The SMILES string of the molecule is CCOC(=O)C(C)N1CCN(Cc2cccc(Nc3nccc(-c4ccc(N(C)CCCN(C)C(=O)OC(C)(C)C)nc4)n3)c2)CC1. The quantitative estimate of drug-likeness (QED) is 0.252. The van der Waals surface area contributed by atoms with Crippen molar-refractivity contribution in [1.29, 1.82) is 0 Å². The van der Waals surface area contributed by atoms with E-state index in [1.54, 1.807) is 18.1 Å². The number of nitrogens with zero attached hydrogens (tertiary/aromatic N) is 7. The number of benzene rings is 1. The minimum absolute atomic E-state index is 0.152. The van der Waals surface area contributed by atoms with Crippen LogP contribution in [0, 0.1) is 0 Å².